The molecule has 0 atom stereocenters. The van der Waals surface area contributed by atoms with E-state index in [0.29, 0.717) is 45.0 Å². The average Bonchev–Trinajstić information content (AvgIpc) is 2.96. The molecule has 39 heavy (non-hydrogen) atoms. The summed E-state index contributed by atoms with van der Waals surface area (Å²) in [6.45, 7) is 2.29. The summed E-state index contributed by atoms with van der Waals surface area (Å²) < 4.78 is 49.7. The van der Waals surface area contributed by atoms with Crippen molar-refractivity contribution < 1.29 is 32.3 Å². The Bertz CT molecular complexity index is 1360. The third-order valence-electron chi connectivity index (χ3n) is 7.20. The van der Waals surface area contributed by atoms with E-state index in [1.165, 1.54) is 24.3 Å². The van der Waals surface area contributed by atoms with Gasteiger partial charge in [0.1, 0.15) is 11.6 Å². The molecule has 1 saturated heterocycles. The van der Waals surface area contributed by atoms with E-state index in [-0.39, 0.29) is 23.6 Å². The summed E-state index contributed by atoms with van der Waals surface area (Å²) in [6, 6.07) is 20.2. The van der Waals surface area contributed by atoms with Gasteiger partial charge in [-0.1, -0.05) is 36.4 Å². The van der Waals surface area contributed by atoms with Crippen LogP contribution in [0.5, 0.6) is 5.75 Å². The number of hydrogen-bond donors (Lipinski definition) is 2. The fourth-order valence-corrected chi connectivity index (χ4v) is 6.81. The highest BCUT2D eigenvalue weighted by atomic mass is 32.2. The Kier molecular flexibility index (Phi) is 9.34. The highest BCUT2D eigenvalue weighted by Gasteiger charge is 2.52. The van der Waals surface area contributed by atoms with Crippen molar-refractivity contribution in [2.75, 3.05) is 40.0 Å². The first-order chi connectivity index (χ1) is 18.8. The molecule has 208 valence electrons. The predicted molar refractivity (Wildman–Crippen MR) is 145 cm³/mol. The molecule has 1 amide bonds. The van der Waals surface area contributed by atoms with E-state index in [9.17, 15) is 22.8 Å². The number of hydroxylamine groups is 1. The van der Waals surface area contributed by atoms with Crippen molar-refractivity contribution in [1.82, 2.24) is 10.4 Å². The standard InChI is InChI=1S/C29H33FN2O6S/c1-37-20-18-32-16-14-29(15-17-32,28(33)31-34)39(35,36)27-11-9-26(10-12-27)38-19-13-22-3-2-4-24(21-22)23-5-7-25(30)8-6-23/h2-12,21,34H,13-20H2,1H3,(H,31,33). The summed E-state index contributed by atoms with van der Waals surface area (Å²) in [6.07, 6.45) is 0.732. The number of ether oxygens (including phenoxy) is 2. The third-order valence-corrected chi connectivity index (χ3v) is 9.72. The number of piperidine rings is 1. The minimum absolute atomic E-state index is 0.00390. The Hall–Kier alpha value is -3.31. The fraction of sp³-hybridized carbons (Fsp3) is 0.345. The summed E-state index contributed by atoms with van der Waals surface area (Å²) in [5, 5.41) is 9.37. The maximum atomic E-state index is 13.6. The molecule has 3 aromatic rings. The maximum Gasteiger partial charge on any atom is 0.265 e. The van der Waals surface area contributed by atoms with Gasteiger partial charge < -0.3 is 14.4 Å². The van der Waals surface area contributed by atoms with Gasteiger partial charge in [0.25, 0.3) is 5.91 Å². The zero-order chi connectivity index (χ0) is 27.9. The molecular formula is C29H33FN2O6S. The molecule has 0 aromatic heterocycles. The molecule has 1 aliphatic rings. The van der Waals surface area contributed by atoms with Gasteiger partial charge in [0, 0.05) is 33.2 Å². The number of hydrogen-bond acceptors (Lipinski definition) is 7. The Morgan fingerprint density at radius 2 is 1.69 bits per heavy atom. The van der Waals surface area contributed by atoms with Crippen LogP contribution in [0.2, 0.25) is 0 Å². The second-order valence-electron chi connectivity index (χ2n) is 9.55. The van der Waals surface area contributed by atoms with Gasteiger partial charge in [0.05, 0.1) is 18.1 Å². The molecule has 0 bridgehead atoms. The first-order valence-electron chi connectivity index (χ1n) is 12.8. The number of nitrogens with zero attached hydrogens (tertiary/aromatic N) is 1. The molecule has 1 fully saturated rings. The van der Waals surface area contributed by atoms with Gasteiger partial charge in [-0.2, -0.15) is 0 Å². The molecular weight excluding hydrogens is 523 g/mol. The monoisotopic (exact) mass is 556 g/mol. The molecule has 10 heteroatoms. The molecule has 3 aromatic carbocycles. The zero-order valence-corrected chi connectivity index (χ0v) is 22.6. The average molecular weight is 557 g/mol. The number of carbonyl (C=O) groups excluding carboxylic acids is 1. The van der Waals surface area contributed by atoms with Crippen molar-refractivity contribution in [1.29, 1.82) is 0 Å². The zero-order valence-electron chi connectivity index (χ0n) is 21.8. The van der Waals surface area contributed by atoms with Crippen LogP contribution in [-0.2, 0) is 25.8 Å². The van der Waals surface area contributed by atoms with Gasteiger partial charge in [-0.25, -0.2) is 18.3 Å². The molecule has 0 unspecified atom stereocenters. The molecule has 2 N–H and O–H groups in total. The SMILES string of the molecule is COCCN1CCC(C(=O)NO)(S(=O)(=O)c2ccc(OCCc3cccc(-c4ccc(F)cc4)c3)cc2)CC1. The number of likely N-dealkylation sites (tertiary alicyclic amines) is 1. The summed E-state index contributed by atoms with van der Waals surface area (Å²) in [5.74, 6) is -0.701. The van der Waals surface area contributed by atoms with Crippen LogP contribution < -0.4 is 10.2 Å². The van der Waals surface area contributed by atoms with E-state index in [1.807, 2.05) is 29.2 Å². The largest absolute Gasteiger partial charge is 0.493 e. The Morgan fingerprint density at radius 3 is 2.33 bits per heavy atom. The Morgan fingerprint density at radius 1 is 1.00 bits per heavy atom. The number of benzene rings is 3. The molecule has 1 heterocycles. The third kappa shape index (κ3) is 6.47. The van der Waals surface area contributed by atoms with Crippen LogP contribution in [0.3, 0.4) is 0 Å². The Balaban J connectivity index is 1.40. The van der Waals surface area contributed by atoms with Crippen LogP contribution in [0.1, 0.15) is 18.4 Å². The van der Waals surface area contributed by atoms with Crippen molar-refractivity contribution in [2.24, 2.45) is 0 Å². The van der Waals surface area contributed by atoms with Crippen molar-refractivity contribution in [3.63, 3.8) is 0 Å². The van der Waals surface area contributed by atoms with Crippen molar-refractivity contribution in [2.45, 2.75) is 28.9 Å². The summed E-state index contributed by atoms with van der Waals surface area (Å²) in [5.41, 5.74) is 4.52. The molecule has 4 rings (SSSR count). The number of halogens is 1. The van der Waals surface area contributed by atoms with E-state index < -0.39 is 20.5 Å². The lowest BCUT2D eigenvalue weighted by atomic mass is 9.95. The number of carbonyl (C=O) groups is 1. The maximum absolute atomic E-state index is 13.6. The van der Waals surface area contributed by atoms with Crippen molar-refractivity contribution >= 4 is 15.7 Å². The lowest BCUT2D eigenvalue weighted by molar-refractivity contribution is -0.133. The summed E-state index contributed by atoms with van der Waals surface area (Å²) >= 11 is 0. The van der Waals surface area contributed by atoms with Crippen molar-refractivity contribution in [3.05, 3.63) is 84.2 Å². The lowest BCUT2D eigenvalue weighted by Gasteiger charge is -2.39. The number of nitrogens with one attached hydrogen (secondary N) is 1. The lowest BCUT2D eigenvalue weighted by Crippen LogP contribution is -2.57. The van der Waals surface area contributed by atoms with Gasteiger partial charge in [-0.15, -0.1) is 0 Å². The van der Waals surface area contributed by atoms with Gasteiger partial charge in [0.15, 0.2) is 14.6 Å². The molecule has 8 nitrogen and oxygen atoms in total. The van der Waals surface area contributed by atoms with E-state index in [0.717, 1.165) is 16.7 Å². The van der Waals surface area contributed by atoms with Crippen molar-refractivity contribution in [3.8, 4) is 16.9 Å². The van der Waals surface area contributed by atoms with Gasteiger partial charge in [0.2, 0.25) is 0 Å². The summed E-state index contributed by atoms with van der Waals surface area (Å²) in [7, 11) is -2.51. The topological polar surface area (TPSA) is 105 Å². The van der Waals surface area contributed by atoms with Crippen LogP contribution in [-0.4, -0.2) is 69.1 Å². The smallest absolute Gasteiger partial charge is 0.265 e. The molecule has 0 aliphatic carbocycles. The normalized spacial score (nSPS) is 15.6. The molecule has 0 radical (unpaired) electrons. The second-order valence-corrected chi connectivity index (χ2v) is 11.8. The first kappa shape index (κ1) is 28.7. The van der Waals surface area contributed by atoms with E-state index in [2.05, 4.69) is 0 Å². The van der Waals surface area contributed by atoms with Crippen LogP contribution >= 0.6 is 0 Å². The second kappa shape index (κ2) is 12.7. The molecule has 0 spiro atoms. The number of methoxy groups -OCH3 is 1. The number of rotatable bonds is 11. The number of sulfone groups is 1. The van der Waals surface area contributed by atoms with Gasteiger partial charge >= 0.3 is 0 Å². The van der Waals surface area contributed by atoms with E-state index >= 15 is 0 Å². The predicted octanol–water partition coefficient (Wildman–Crippen LogP) is 3.87. The van der Waals surface area contributed by atoms with Gasteiger partial charge in [-0.3, -0.25) is 10.0 Å². The minimum atomic E-state index is -4.10. The fourth-order valence-electron chi connectivity index (χ4n) is 4.85. The number of amides is 1. The van der Waals surface area contributed by atoms with Gasteiger partial charge in [-0.05, 0) is 65.9 Å². The van der Waals surface area contributed by atoms with E-state index in [4.69, 9.17) is 9.47 Å². The quantitative estimate of drug-likeness (QED) is 0.273. The van der Waals surface area contributed by atoms with Crippen LogP contribution in [0.4, 0.5) is 4.39 Å². The van der Waals surface area contributed by atoms with Crippen LogP contribution in [0.25, 0.3) is 11.1 Å². The highest BCUT2D eigenvalue weighted by molar-refractivity contribution is 7.93. The van der Waals surface area contributed by atoms with Crippen LogP contribution in [0, 0.1) is 5.82 Å². The Labute approximate surface area is 228 Å². The molecule has 0 saturated carbocycles. The van der Waals surface area contributed by atoms with E-state index in [1.54, 1.807) is 36.9 Å². The highest BCUT2D eigenvalue weighted by Crippen LogP contribution is 2.36. The first-order valence-corrected chi connectivity index (χ1v) is 14.3. The minimum Gasteiger partial charge on any atom is -0.493 e. The van der Waals surface area contributed by atoms with Crippen LogP contribution in [0.15, 0.2) is 77.7 Å². The molecule has 1 aliphatic heterocycles. The summed E-state index contributed by atoms with van der Waals surface area (Å²) in [4.78, 5) is 14.7.